The van der Waals surface area contributed by atoms with Crippen LogP contribution in [0.1, 0.15) is 335 Å². The van der Waals surface area contributed by atoms with Crippen LogP contribution in [-0.2, 0) is 14.3 Å². The van der Waals surface area contributed by atoms with Crippen molar-refractivity contribution in [3.63, 3.8) is 0 Å². The Balaban J connectivity index is 4.53. The molecule has 0 fully saturated rings. The van der Waals surface area contributed by atoms with Crippen LogP contribution in [0.4, 0.5) is 0 Å². The Morgan fingerprint density at radius 3 is 1.10 bits per heavy atom. The zero-order valence-corrected chi connectivity index (χ0v) is 46.0. The minimum atomic E-state index is -0.792. The summed E-state index contributed by atoms with van der Waals surface area (Å²) in [6.07, 6.45) is 66.8. The first kappa shape index (κ1) is 66.3. The molecule has 0 bridgehead atoms. The summed E-state index contributed by atoms with van der Waals surface area (Å²) >= 11 is 0. The zero-order chi connectivity index (χ0) is 49.5. The maximum atomic E-state index is 13.3. The molecule has 402 valence electrons. The third-order valence-corrected chi connectivity index (χ3v) is 14.3. The van der Waals surface area contributed by atoms with E-state index in [0.717, 1.165) is 64.2 Å². The molecule has 0 spiro atoms. The Kier molecular flexibility index (Phi) is 54.9. The van der Waals surface area contributed by atoms with Crippen LogP contribution in [0.5, 0.6) is 0 Å². The Bertz CT molecular complexity index is 1080. The van der Waals surface area contributed by atoms with Gasteiger partial charge in [-0.1, -0.05) is 295 Å². The van der Waals surface area contributed by atoms with E-state index in [9.17, 15) is 19.8 Å². The van der Waals surface area contributed by atoms with E-state index in [1.807, 2.05) is 0 Å². The Morgan fingerprint density at radius 2 is 0.735 bits per heavy atom. The molecule has 0 saturated heterocycles. The van der Waals surface area contributed by atoms with E-state index in [2.05, 4.69) is 50.4 Å². The number of aliphatic hydroxyl groups excluding tert-OH is 2. The van der Waals surface area contributed by atoms with Gasteiger partial charge in [0.1, 0.15) is 6.10 Å². The predicted octanol–water partition coefficient (Wildman–Crippen LogP) is 19.0. The van der Waals surface area contributed by atoms with Crippen molar-refractivity contribution >= 4 is 11.9 Å². The van der Waals surface area contributed by atoms with Crippen LogP contribution in [0.25, 0.3) is 0 Å². The van der Waals surface area contributed by atoms with E-state index in [0.29, 0.717) is 19.3 Å². The second kappa shape index (κ2) is 56.3. The van der Waals surface area contributed by atoms with E-state index in [-0.39, 0.29) is 24.9 Å². The van der Waals surface area contributed by atoms with Crippen LogP contribution in [-0.4, -0.2) is 46.9 Å². The van der Waals surface area contributed by atoms with Crippen LogP contribution in [0, 0.1) is 0 Å². The maximum Gasteiger partial charge on any atom is 0.306 e. The molecule has 0 radical (unpaired) electrons. The van der Waals surface area contributed by atoms with Crippen LogP contribution < -0.4 is 5.32 Å². The van der Waals surface area contributed by atoms with E-state index in [1.165, 1.54) is 225 Å². The van der Waals surface area contributed by atoms with Crippen molar-refractivity contribution in [1.82, 2.24) is 5.32 Å². The van der Waals surface area contributed by atoms with Crippen molar-refractivity contribution in [3.8, 4) is 0 Å². The molecule has 68 heavy (non-hydrogen) atoms. The van der Waals surface area contributed by atoms with Gasteiger partial charge in [0, 0.05) is 6.42 Å². The summed E-state index contributed by atoms with van der Waals surface area (Å²) in [6.45, 7) is 6.52. The summed E-state index contributed by atoms with van der Waals surface area (Å²) in [5.74, 6) is -0.478. The molecule has 0 aromatic carbocycles. The molecule has 0 aliphatic heterocycles. The highest BCUT2D eigenvalue weighted by atomic mass is 16.5. The fourth-order valence-corrected chi connectivity index (χ4v) is 9.66. The van der Waals surface area contributed by atoms with Crippen molar-refractivity contribution in [1.29, 1.82) is 0 Å². The minimum absolute atomic E-state index is 0.0659. The molecule has 0 aliphatic rings. The summed E-state index contributed by atoms with van der Waals surface area (Å²) in [5, 5.41) is 23.9. The fourth-order valence-electron chi connectivity index (χ4n) is 9.66. The molecule has 0 aliphatic carbocycles. The first-order valence-electron chi connectivity index (χ1n) is 30.6. The lowest BCUT2D eigenvalue weighted by molar-refractivity contribution is -0.151. The number of hydrogen-bond donors (Lipinski definition) is 3. The summed E-state index contributed by atoms with van der Waals surface area (Å²) in [5.41, 5.74) is 0. The second-order valence-corrected chi connectivity index (χ2v) is 21.1. The van der Waals surface area contributed by atoms with Crippen LogP contribution in [0.15, 0.2) is 24.3 Å². The van der Waals surface area contributed by atoms with Gasteiger partial charge < -0.3 is 20.3 Å². The van der Waals surface area contributed by atoms with Crippen molar-refractivity contribution in [2.75, 3.05) is 6.61 Å². The molecule has 3 N–H and O–H groups in total. The number of ether oxygens (including phenoxy) is 1. The maximum absolute atomic E-state index is 13.3. The van der Waals surface area contributed by atoms with Crippen molar-refractivity contribution < 1.29 is 24.5 Å². The van der Waals surface area contributed by atoms with Gasteiger partial charge in [-0.15, -0.1) is 0 Å². The van der Waals surface area contributed by atoms with Gasteiger partial charge in [-0.05, 0) is 51.4 Å². The molecule has 3 unspecified atom stereocenters. The number of hydrogen-bond acceptors (Lipinski definition) is 5. The second-order valence-electron chi connectivity index (χ2n) is 21.1. The van der Waals surface area contributed by atoms with Crippen molar-refractivity contribution in [2.24, 2.45) is 0 Å². The number of carbonyl (C=O) groups excluding carboxylic acids is 2. The fraction of sp³-hybridized carbons (Fsp3) is 0.903. The number of unbranched alkanes of at least 4 members (excludes halogenated alkanes) is 41. The molecule has 6 heteroatoms. The first-order chi connectivity index (χ1) is 33.5. The third-order valence-electron chi connectivity index (χ3n) is 14.3. The van der Waals surface area contributed by atoms with Gasteiger partial charge in [0.15, 0.2) is 0 Å². The molecular formula is C62H119NO5. The van der Waals surface area contributed by atoms with Gasteiger partial charge in [-0.2, -0.15) is 0 Å². The predicted molar refractivity (Wildman–Crippen MR) is 296 cm³/mol. The normalized spacial score (nSPS) is 13.2. The SMILES string of the molecule is CCCCCCCCC/C=C/C=C/CCCCCC(CC(=O)NC(CO)C(O)CCCCCCCCCCCCCCCC)OC(=O)CCCCCCCCCCCCCCCCCCCCC. The average Bonchev–Trinajstić information content (AvgIpc) is 3.33. The Labute approximate surface area is 424 Å². The monoisotopic (exact) mass is 958 g/mol. The molecule has 0 rings (SSSR count). The van der Waals surface area contributed by atoms with Crippen LogP contribution >= 0.6 is 0 Å². The van der Waals surface area contributed by atoms with Gasteiger partial charge >= 0.3 is 5.97 Å². The highest BCUT2D eigenvalue weighted by Gasteiger charge is 2.24. The van der Waals surface area contributed by atoms with E-state index in [4.69, 9.17) is 4.74 Å². The molecule has 0 heterocycles. The molecule has 0 saturated carbocycles. The van der Waals surface area contributed by atoms with Crippen molar-refractivity contribution in [3.05, 3.63) is 24.3 Å². The first-order valence-corrected chi connectivity index (χ1v) is 30.6. The minimum Gasteiger partial charge on any atom is -0.462 e. The van der Waals surface area contributed by atoms with Crippen LogP contribution in [0.2, 0.25) is 0 Å². The quantitative estimate of drug-likeness (QED) is 0.0321. The van der Waals surface area contributed by atoms with Gasteiger partial charge in [0.2, 0.25) is 5.91 Å². The van der Waals surface area contributed by atoms with Gasteiger partial charge in [-0.3, -0.25) is 9.59 Å². The number of allylic oxidation sites excluding steroid dienone is 4. The highest BCUT2D eigenvalue weighted by Crippen LogP contribution is 2.19. The highest BCUT2D eigenvalue weighted by molar-refractivity contribution is 5.77. The van der Waals surface area contributed by atoms with Gasteiger partial charge in [0.25, 0.3) is 0 Å². The smallest absolute Gasteiger partial charge is 0.306 e. The molecule has 1 amide bonds. The molecule has 0 aromatic rings. The number of carbonyl (C=O) groups is 2. The number of nitrogens with one attached hydrogen (secondary N) is 1. The summed E-state index contributed by atoms with van der Waals surface area (Å²) in [7, 11) is 0. The summed E-state index contributed by atoms with van der Waals surface area (Å²) < 4.78 is 5.97. The summed E-state index contributed by atoms with van der Waals surface area (Å²) in [4.78, 5) is 26.3. The standard InChI is InChI=1S/C62H119NO5/c1-4-7-10-13-16-19-22-25-28-30-31-32-34-37-40-43-46-49-52-55-62(67)68-58(53-50-47-44-41-38-35-33-29-26-23-20-17-14-11-8-5-2)56-61(66)63-59(57-64)60(65)54-51-48-45-42-39-36-27-24-21-18-15-12-9-6-3/h29,33,35,38,58-60,64-65H,4-28,30-32,34,36-37,39-57H2,1-3H3,(H,63,66)/b33-29+,38-35+. The zero-order valence-electron chi connectivity index (χ0n) is 46.0. The lowest BCUT2D eigenvalue weighted by Crippen LogP contribution is -2.46. The number of esters is 1. The number of aliphatic hydroxyl groups is 2. The van der Waals surface area contributed by atoms with E-state index >= 15 is 0 Å². The van der Waals surface area contributed by atoms with Gasteiger partial charge in [0.05, 0.1) is 25.2 Å². The summed E-state index contributed by atoms with van der Waals surface area (Å²) in [6, 6.07) is -0.707. The molecule has 6 nitrogen and oxygen atoms in total. The van der Waals surface area contributed by atoms with Crippen molar-refractivity contribution in [2.45, 2.75) is 354 Å². The lowest BCUT2D eigenvalue weighted by Gasteiger charge is -2.24. The van der Waals surface area contributed by atoms with Crippen LogP contribution in [0.3, 0.4) is 0 Å². The number of rotatable bonds is 56. The topological polar surface area (TPSA) is 95.9 Å². The van der Waals surface area contributed by atoms with E-state index < -0.39 is 18.2 Å². The van der Waals surface area contributed by atoms with E-state index in [1.54, 1.807) is 0 Å². The molecular weight excluding hydrogens is 839 g/mol. The molecule has 0 aromatic heterocycles. The third kappa shape index (κ3) is 50.7. The van der Waals surface area contributed by atoms with Gasteiger partial charge in [-0.25, -0.2) is 0 Å². The number of amides is 1. The molecule has 3 atom stereocenters. The average molecular weight is 959 g/mol. The largest absolute Gasteiger partial charge is 0.462 e. The Hall–Kier alpha value is -1.66. The lowest BCUT2D eigenvalue weighted by atomic mass is 10.0. The Morgan fingerprint density at radius 1 is 0.426 bits per heavy atom.